The fraction of sp³-hybridized carbons (Fsp3) is 0.304. The van der Waals surface area contributed by atoms with E-state index in [0.29, 0.717) is 17.1 Å². The second-order valence-corrected chi connectivity index (χ2v) is 7.96. The predicted octanol–water partition coefficient (Wildman–Crippen LogP) is 4.71. The number of rotatable bonds is 5. The lowest BCUT2D eigenvalue weighted by atomic mass is 10.1. The van der Waals surface area contributed by atoms with Crippen LogP contribution in [0.15, 0.2) is 54.7 Å². The average molecular weight is 409 g/mol. The minimum absolute atomic E-state index is 0.0352. The van der Waals surface area contributed by atoms with Crippen LogP contribution in [-0.2, 0) is 6.54 Å². The second-order valence-electron chi connectivity index (χ2n) is 7.52. The molecule has 1 saturated heterocycles. The van der Waals surface area contributed by atoms with Crippen LogP contribution in [0.2, 0.25) is 5.02 Å². The number of anilines is 1. The smallest absolute Gasteiger partial charge is 0.257 e. The number of carbonyl (C=O) groups excluding carboxylic acids is 1. The van der Waals surface area contributed by atoms with Gasteiger partial charge in [0.05, 0.1) is 23.1 Å². The topological polar surface area (TPSA) is 41.4 Å². The van der Waals surface area contributed by atoms with Crippen LogP contribution in [-0.4, -0.2) is 40.7 Å². The Balaban J connectivity index is 1.55. The molecule has 6 heteroatoms. The van der Waals surface area contributed by atoms with E-state index < -0.39 is 0 Å². The summed E-state index contributed by atoms with van der Waals surface area (Å²) < 4.78 is 1.76. The zero-order valence-electron chi connectivity index (χ0n) is 16.8. The Hall–Kier alpha value is -2.79. The van der Waals surface area contributed by atoms with E-state index in [-0.39, 0.29) is 5.91 Å². The van der Waals surface area contributed by atoms with Crippen molar-refractivity contribution in [3.63, 3.8) is 0 Å². The van der Waals surface area contributed by atoms with Gasteiger partial charge in [0.2, 0.25) is 0 Å². The summed E-state index contributed by atoms with van der Waals surface area (Å²) in [5.74, 6) is -0.0352. The van der Waals surface area contributed by atoms with Gasteiger partial charge in [0, 0.05) is 37.4 Å². The summed E-state index contributed by atoms with van der Waals surface area (Å²) in [6, 6.07) is 15.8. The van der Waals surface area contributed by atoms with E-state index in [9.17, 15) is 4.79 Å². The molecule has 0 saturated carbocycles. The van der Waals surface area contributed by atoms with Gasteiger partial charge >= 0.3 is 0 Å². The molecule has 150 valence electrons. The number of nitrogens with zero attached hydrogens (tertiary/aromatic N) is 4. The van der Waals surface area contributed by atoms with Gasteiger partial charge in [-0.1, -0.05) is 35.9 Å². The van der Waals surface area contributed by atoms with Crippen molar-refractivity contribution in [1.82, 2.24) is 14.7 Å². The van der Waals surface area contributed by atoms with Crippen molar-refractivity contribution in [1.29, 1.82) is 0 Å². The molecule has 29 heavy (non-hydrogen) atoms. The summed E-state index contributed by atoms with van der Waals surface area (Å²) in [6.45, 7) is 4.64. The zero-order valence-corrected chi connectivity index (χ0v) is 17.6. The van der Waals surface area contributed by atoms with Crippen molar-refractivity contribution < 1.29 is 4.79 Å². The third kappa shape index (κ3) is 4.01. The summed E-state index contributed by atoms with van der Waals surface area (Å²) in [5.41, 5.74) is 4.65. The van der Waals surface area contributed by atoms with Crippen molar-refractivity contribution >= 4 is 23.2 Å². The molecule has 2 heterocycles. The molecule has 4 rings (SSSR count). The summed E-state index contributed by atoms with van der Waals surface area (Å²) in [5, 5.41) is 5.06. The Morgan fingerprint density at radius 2 is 1.90 bits per heavy atom. The van der Waals surface area contributed by atoms with Gasteiger partial charge < -0.3 is 9.80 Å². The minimum Gasteiger partial charge on any atom is -0.371 e. The first kappa shape index (κ1) is 19.5. The Bertz CT molecular complexity index is 1020. The van der Waals surface area contributed by atoms with Gasteiger partial charge in [-0.3, -0.25) is 4.79 Å². The molecule has 1 fully saturated rings. The lowest BCUT2D eigenvalue weighted by Gasteiger charge is -2.24. The summed E-state index contributed by atoms with van der Waals surface area (Å²) in [4.78, 5) is 17.3. The molecular weight excluding hydrogens is 384 g/mol. The summed E-state index contributed by atoms with van der Waals surface area (Å²) in [6.07, 6.45) is 4.09. The maximum atomic E-state index is 13.1. The number of amides is 1. The molecule has 1 aliphatic rings. The highest BCUT2D eigenvalue weighted by atomic mass is 35.5. The van der Waals surface area contributed by atoms with E-state index in [1.807, 2.05) is 44.3 Å². The number of aromatic nitrogens is 2. The van der Waals surface area contributed by atoms with Gasteiger partial charge in [0.15, 0.2) is 0 Å². The van der Waals surface area contributed by atoms with Crippen molar-refractivity contribution in [2.75, 3.05) is 25.0 Å². The van der Waals surface area contributed by atoms with Crippen molar-refractivity contribution in [3.8, 4) is 5.69 Å². The van der Waals surface area contributed by atoms with E-state index in [1.54, 1.807) is 15.8 Å². The number of hydrogen-bond acceptors (Lipinski definition) is 3. The van der Waals surface area contributed by atoms with E-state index in [2.05, 4.69) is 28.2 Å². The summed E-state index contributed by atoms with van der Waals surface area (Å²) >= 11 is 6.11. The van der Waals surface area contributed by atoms with Gasteiger partial charge in [0.1, 0.15) is 0 Å². The first-order chi connectivity index (χ1) is 14.0. The Labute approximate surface area is 176 Å². The molecule has 2 aromatic carbocycles. The van der Waals surface area contributed by atoms with Gasteiger partial charge in [-0.2, -0.15) is 5.10 Å². The van der Waals surface area contributed by atoms with Gasteiger partial charge in [0.25, 0.3) is 5.91 Å². The maximum Gasteiger partial charge on any atom is 0.257 e. The van der Waals surface area contributed by atoms with Gasteiger partial charge in [-0.05, 0) is 49.6 Å². The highest BCUT2D eigenvalue weighted by molar-refractivity contribution is 6.30. The van der Waals surface area contributed by atoms with Crippen LogP contribution < -0.4 is 4.90 Å². The van der Waals surface area contributed by atoms with Crippen LogP contribution >= 0.6 is 11.6 Å². The highest BCUT2D eigenvalue weighted by Gasteiger charge is 2.21. The Morgan fingerprint density at radius 1 is 1.14 bits per heavy atom. The third-order valence-corrected chi connectivity index (χ3v) is 5.72. The predicted molar refractivity (Wildman–Crippen MR) is 117 cm³/mol. The first-order valence-corrected chi connectivity index (χ1v) is 10.3. The molecule has 3 aromatic rings. The lowest BCUT2D eigenvalue weighted by Crippen LogP contribution is -2.28. The minimum atomic E-state index is -0.0352. The average Bonchev–Trinajstić information content (AvgIpc) is 3.38. The van der Waals surface area contributed by atoms with Gasteiger partial charge in [-0.15, -0.1) is 0 Å². The molecule has 5 nitrogen and oxygen atoms in total. The lowest BCUT2D eigenvalue weighted by molar-refractivity contribution is 0.0784. The van der Waals surface area contributed by atoms with Crippen LogP contribution in [0.4, 0.5) is 5.69 Å². The molecule has 1 amide bonds. The van der Waals surface area contributed by atoms with Crippen LogP contribution in [0.3, 0.4) is 0 Å². The van der Waals surface area contributed by atoms with Crippen LogP contribution in [0.5, 0.6) is 0 Å². The second kappa shape index (κ2) is 8.29. The summed E-state index contributed by atoms with van der Waals surface area (Å²) in [7, 11) is 1.85. The molecule has 1 aliphatic heterocycles. The Kier molecular flexibility index (Phi) is 5.58. The van der Waals surface area contributed by atoms with E-state index in [1.165, 1.54) is 24.1 Å². The monoisotopic (exact) mass is 408 g/mol. The standard InChI is InChI=1S/C23H25ClN4O/c1-17-21(15-25-28(17)20-10-7-9-19(24)14-20)23(29)26(2)16-18-8-3-4-11-22(18)27-12-5-6-13-27/h3-4,7-11,14-15H,5-6,12-13,16H2,1-2H3. The molecular formula is C23H25ClN4O. The van der Waals surface area contributed by atoms with Crippen molar-refractivity contribution in [2.45, 2.75) is 26.3 Å². The van der Waals surface area contributed by atoms with Gasteiger partial charge in [-0.25, -0.2) is 4.68 Å². The van der Waals surface area contributed by atoms with E-state index in [0.717, 1.165) is 24.5 Å². The molecule has 0 aliphatic carbocycles. The van der Waals surface area contributed by atoms with E-state index in [4.69, 9.17) is 11.6 Å². The fourth-order valence-corrected chi connectivity index (χ4v) is 4.12. The maximum absolute atomic E-state index is 13.1. The SMILES string of the molecule is Cc1c(C(=O)N(C)Cc2ccccc2N2CCCC2)cnn1-c1cccc(Cl)c1. The quantitative estimate of drug-likeness (QED) is 0.614. The zero-order chi connectivity index (χ0) is 20.4. The third-order valence-electron chi connectivity index (χ3n) is 5.49. The van der Waals surface area contributed by atoms with E-state index >= 15 is 0 Å². The number of hydrogen-bond donors (Lipinski definition) is 0. The van der Waals surface area contributed by atoms with Crippen molar-refractivity contribution in [3.05, 3.63) is 76.6 Å². The van der Waals surface area contributed by atoms with Crippen molar-refractivity contribution in [2.24, 2.45) is 0 Å². The normalized spacial score (nSPS) is 13.7. The molecule has 0 N–H and O–H groups in total. The molecule has 1 aromatic heterocycles. The molecule has 0 bridgehead atoms. The number of benzene rings is 2. The number of para-hydroxylation sites is 1. The number of carbonyl (C=O) groups is 1. The first-order valence-electron chi connectivity index (χ1n) is 9.93. The highest BCUT2D eigenvalue weighted by Crippen LogP contribution is 2.26. The fourth-order valence-electron chi connectivity index (χ4n) is 3.93. The van der Waals surface area contributed by atoms with Crippen LogP contribution in [0.1, 0.15) is 34.5 Å². The van der Waals surface area contributed by atoms with Crippen LogP contribution in [0.25, 0.3) is 5.69 Å². The molecule has 0 atom stereocenters. The molecule has 0 unspecified atom stereocenters. The van der Waals surface area contributed by atoms with Crippen LogP contribution in [0, 0.1) is 6.92 Å². The molecule has 0 spiro atoms. The molecule has 0 radical (unpaired) electrons. The number of halogens is 1. The Morgan fingerprint density at radius 3 is 2.66 bits per heavy atom. The largest absolute Gasteiger partial charge is 0.371 e.